The predicted molar refractivity (Wildman–Crippen MR) is 132 cm³/mol. The predicted octanol–water partition coefficient (Wildman–Crippen LogP) is 4.66. The van der Waals surface area contributed by atoms with E-state index in [9.17, 15) is 14.4 Å². The van der Waals surface area contributed by atoms with E-state index in [0.29, 0.717) is 5.92 Å². The van der Waals surface area contributed by atoms with E-state index in [2.05, 4.69) is 26.0 Å². The normalized spacial score (nSPS) is 38.1. The van der Waals surface area contributed by atoms with Crippen LogP contribution in [-0.2, 0) is 23.9 Å². The fourth-order valence-electron chi connectivity index (χ4n) is 6.62. The van der Waals surface area contributed by atoms with Crippen molar-refractivity contribution in [2.75, 3.05) is 14.2 Å². The molecule has 0 N–H and O–H groups in total. The monoisotopic (exact) mass is 515 g/mol. The Morgan fingerprint density at radius 2 is 1.74 bits per heavy atom. The van der Waals surface area contributed by atoms with Crippen LogP contribution in [0.3, 0.4) is 0 Å². The Morgan fingerprint density at radius 1 is 1.15 bits per heavy atom. The van der Waals surface area contributed by atoms with E-state index in [4.69, 9.17) is 32.7 Å². The smallest absolute Gasteiger partial charge is 0.328 e. The van der Waals surface area contributed by atoms with Crippen molar-refractivity contribution >= 4 is 40.9 Å². The van der Waals surface area contributed by atoms with Crippen LogP contribution in [0.5, 0.6) is 0 Å². The molecule has 0 aromatic rings. The molecule has 192 valence electrons. The number of likely N-dealkylation sites (N-methyl/N-ethyl adjacent to an activating group) is 1. The van der Waals surface area contributed by atoms with Gasteiger partial charge in [0.15, 0.2) is 5.78 Å². The molecule has 34 heavy (non-hydrogen) atoms. The van der Waals surface area contributed by atoms with E-state index in [1.54, 1.807) is 13.8 Å². The average molecular weight is 517 g/mol. The minimum atomic E-state index is -2.33. The van der Waals surface area contributed by atoms with Crippen LogP contribution in [0, 0.1) is 41.4 Å². The average Bonchev–Trinajstić information content (AvgIpc) is 3.38. The van der Waals surface area contributed by atoms with E-state index in [-0.39, 0.29) is 35.7 Å². The zero-order valence-corrected chi connectivity index (χ0v) is 23.0. The van der Waals surface area contributed by atoms with Gasteiger partial charge in [0.1, 0.15) is 6.04 Å². The maximum absolute atomic E-state index is 14.2. The Morgan fingerprint density at radius 3 is 2.24 bits per heavy atom. The third kappa shape index (κ3) is 4.67. The number of ether oxygens (including phenoxy) is 2. The summed E-state index contributed by atoms with van der Waals surface area (Å²) >= 11 is 13.3. The zero-order valence-electron chi connectivity index (χ0n) is 21.5. The Labute approximate surface area is 213 Å². The lowest BCUT2D eigenvalue weighted by atomic mass is 9.56. The fourth-order valence-corrected chi connectivity index (χ4v) is 7.14. The first-order valence-electron chi connectivity index (χ1n) is 12.3. The molecular formula is C26H39Cl2NO5. The van der Waals surface area contributed by atoms with Crippen molar-refractivity contribution < 1.29 is 23.9 Å². The van der Waals surface area contributed by atoms with Gasteiger partial charge < -0.3 is 14.4 Å². The third-order valence-electron chi connectivity index (χ3n) is 8.50. The second kappa shape index (κ2) is 9.74. The summed E-state index contributed by atoms with van der Waals surface area (Å²) in [6, 6.07) is -0.907. The number of hydrogen-bond acceptors (Lipinski definition) is 5. The maximum Gasteiger partial charge on any atom is 0.328 e. The number of ketones is 1. The van der Waals surface area contributed by atoms with Gasteiger partial charge in [-0.3, -0.25) is 9.59 Å². The lowest BCUT2D eigenvalue weighted by Crippen LogP contribution is -2.58. The molecule has 2 aliphatic carbocycles. The van der Waals surface area contributed by atoms with Gasteiger partial charge in [-0.15, -0.1) is 0 Å². The molecule has 1 saturated carbocycles. The molecule has 1 aliphatic heterocycles. The second-order valence-electron chi connectivity index (χ2n) is 11.2. The molecule has 9 atom stereocenters. The molecule has 3 rings (SSSR count). The largest absolute Gasteiger partial charge is 0.467 e. The summed E-state index contributed by atoms with van der Waals surface area (Å²) < 4.78 is 8.50. The van der Waals surface area contributed by atoms with Crippen molar-refractivity contribution in [2.24, 2.45) is 41.4 Å². The SMILES string of the molecule is COC(=O)[C@H](C(C)C)N(C)C(=O)C(Cl)(Cl)C(=O)[C@H]1[C@@H]2[C@H](C)C[C@H](C)C[C@@H]2C=C[C@@H]1[C@]1(C)O[C@H]1C. The molecule has 0 aromatic carbocycles. The molecule has 0 radical (unpaired) electrons. The molecule has 2 fully saturated rings. The highest BCUT2D eigenvalue weighted by molar-refractivity contribution is 6.68. The van der Waals surface area contributed by atoms with Gasteiger partial charge >= 0.3 is 5.97 Å². The topological polar surface area (TPSA) is 76.2 Å². The molecule has 3 aliphatic rings. The fraction of sp³-hybridized carbons (Fsp3) is 0.808. The number of methoxy groups -OCH3 is 1. The first kappa shape index (κ1) is 27.5. The van der Waals surface area contributed by atoms with E-state index < -0.39 is 39.6 Å². The van der Waals surface area contributed by atoms with Crippen LogP contribution in [0.1, 0.15) is 54.4 Å². The Hall–Kier alpha value is -1.11. The number of nitrogens with zero attached hydrogens (tertiary/aromatic N) is 1. The highest BCUT2D eigenvalue weighted by Crippen LogP contribution is 2.56. The number of alkyl halides is 2. The van der Waals surface area contributed by atoms with E-state index in [1.807, 2.05) is 13.8 Å². The van der Waals surface area contributed by atoms with E-state index in [1.165, 1.54) is 14.2 Å². The number of esters is 1. The van der Waals surface area contributed by atoms with Gasteiger partial charge in [-0.1, -0.05) is 63.0 Å². The second-order valence-corrected chi connectivity index (χ2v) is 12.6. The lowest BCUT2D eigenvalue weighted by Gasteiger charge is -2.48. The van der Waals surface area contributed by atoms with Crippen molar-refractivity contribution in [3.05, 3.63) is 12.2 Å². The van der Waals surface area contributed by atoms with Crippen LogP contribution in [0.4, 0.5) is 0 Å². The number of halogens is 2. The minimum Gasteiger partial charge on any atom is -0.467 e. The van der Waals surface area contributed by atoms with E-state index >= 15 is 0 Å². The van der Waals surface area contributed by atoms with Crippen molar-refractivity contribution in [1.29, 1.82) is 0 Å². The maximum atomic E-state index is 14.2. The van der Waals surface area contributed by atoms with Gasteiger partial charge in [0.05, 0.1) is 18.8 Å². The van der Waals surface area contributed by atoms with Crippen LogP contribution in [0.2, 0.25) is 0 Å². The minimum absolute atomic E-state index is 0.00473. The number of fused-ring (bicyclic) bond motifs is 1. The molecule has 0 aromatic heterocycles. The Bertz CT molecular complexity index is 858. The molecule has 6 nitrogen and oxygen atoms in total. The van der Waals surface area contributed by atoms with E-state index in [0.717, 1.165) is 17.7 Å². The number of hydrogen-bond donors (Lipinski definition) is 0. The standard InChI is InChI=1S/C26H39Cl2NO5/c1-13(2)21(23(31)33-8)29(7)24(32)26(27,28)22(30)20-18(25(6)16(5)34-25)10-9-17-12-14(3)11-15(4)19(17)20/h9-10,13-21H,11-12H2,1-8H3/t14-,15+,16-,17-,18-,19+,20+,21-,25+/m0/s1. The summed E-state index contributed by atoms with van der Waals surface area (Å²) in [4.78, 5) is 41.2. The first-order chi connectivity index (χ1) is 15.7. The highest BCUT2D eigenvalue weighted by Gasteiger charge is 2.63. The molecule has 0 spiro atoms. The van der Waals surface area contributed by atoms with Gasteiger partial charge in [-0.25, -0.2) is 4.79 Å². The Kier molecular flexibility index (Phi) is 7.87. The van der Waals surface area contributed by atoms with Crippen molar-refractivity contribution in [1.82, 2.24) is 4.90 Å². The van der Waals surface area contributed by atoms with Gasteiger partial charge in [-0.2, -0.15) is 0 Å². The number of epoxide rings is 1. The summed E-state index contributed by atoms with van der Waals surface area (Å²) in [6.07, 6.45) is 6.30. The lowest BCUT2D eigenvalue weighted by molar-refractivity contribution is -0.155. The van der Waals surface area contributed by atoms with Gasteiger partial charge in [0.25, 0.3) is 10.2 Å². The molecule has 8 heteroatoms. The summed E-state index contributed by atoms with van der Waals surface area (Å²) in [5.74, 6) is -1.88. The first-order valence-corrected chi connectivity index (χ1v) is 13.1. The van der Waals surface area contributed by atoms with Crippen LogP contribution < -0.4 is 0 Å². The quantitative estimate of drug-likeness (QED) is 0.162. The van der Waals surface area contributed by atoms with Gasteiger partial charge in [-0.05, 0) is 56.3 Å². The summed E-state index contributed by atoms with van der Waals surface area (Å²) in [5.41, 5.74) is -0.504. The zero-order chi connectivity index (χ0) is 25.7. The van der Waals surface area contributed by atoms with Gasteiger partial charge in [0, 0.05) is 18.9 Å². The van der Waals surface area contributed by atoms with Crippen molar-refractivity contribution in [3.8, 4) is 0 Å². The van der Waals surface area contributed by atoms with Crippen LogP contribution in [0.15, 0.2) is 12.2 Å². The number of Topliss-reactive ketones (excluding diaryl/α,β-unsaturated/α-hetero) is 1. The van der Waals surface area contributed by atoms with Crippen LogP contribution in [0.25, 0.3) is 0 Å². The van der Waals surface area contributed by atoms with Gasteiger partial charge in [0.2, 0.25) is 0 Å². The molecule has 1 saturated heterocycles. The molecule has 1 amide bonds. The summed E-state index contributed by atoms with van der Waals surface area (Å²) in [7, 11) is 2.70. The number of carbonyl (C=O) groups is 3. The summed E-state index contributed by atoms with van der Waals surface area (Å²) in [6.45, 7) is 12.0. The molecule has 1 heterocycles. The van der Waals surface area contributed by atoms with Crippen LogP contribution in [-0.4, -0.2) is 58.8 Å². The summed E-state index contributed by atoms with van der Waals surface area (Å²) in [5, 5.41) is 0. The highest BCUT2D eigenvalue weighted by atomic mass is 35.5. The van der Waals surface area contributed by atoms with Crippen molar-refractivity contribution in [3.63, 3.8) is 0 Å². The Balaban J connectivity index is 1.98. The number of carbonyl (C=O) groups excluding carboxylic acids is 3. The van der Waals surface area contributed by atoms with Crippen LogP contribution >= 0.6 is 23.2 Å². The third-order valence-corrected chi connectivity index (χ3v) is 9.20. The number of amides is 1. The molecular weight excluding hydrogens is 477 g/mol. The molecule has 0 unspecified atom stereocenters. The number of rotatable bonds is 7. The molecule has 0 bridgehead atoms. The number of allylic oxidation sites excluding steroid dienone is 1. The van der Waals surface area contributed by atoms with Crippen molar-refractivity contribution in [2.45, 2.75) is 76.5 Å².